The molecule has 0 bridgehead atoms. The van der Waals surface area contributed by atoms with E-state index in [0.717, 1.165) is 23.7 Å². The average molecular weight is 229 g/mol. The molecule has 0 atom stereocenters. The number of benzene rings is 1. The summed E-state index contributed by atoms with van der Waals surface area (Å²) >= 11 is 1.64. The number of nitrogens with one attached hydrogen (secondary N) is 1. The number of nitrogens with zero attached hydrogens (tertiary/aromatic N) is 2. The molecule has 80 valence electrons. The van der Waals surface area contributed by atoms with E-state index in [-0.39, 0.29) is 0 Å². The molecule has 0 fully saturated rings. The third kappa shape index (κ3) is 1.51. The van der Waals surface area contributed by atoms with Crippen molar-refractivity contribution in [2.75, 3.05) is 0 Å². The Morgan fingerprint density at radius 1 is 1.38 bits per heavy atom. The number of thiazole rings is 1. The molecule has 1 aromatic carbocycles. The molecule has 2 heterocycles. The Morgan fingerprint density at radius 3 is 3.00 bits per heavy atom. The van der Waals surface area contributed by atoms with Gasteiger partial charge in [0.1, 0.15) is 10.8 Å². The van der Waals surface area contributed by atoms with Crippen molar-refractivity contribution in [3.63, 3.8) is 0 Å². The zero-order valence-electron chi connectivity index (χ0n) is 8.68. The van der Waals surface area contributed by atoms with Crippen molar-refractivity contribution in [1.29, 1.82) is 5.41 Å². The summed E-state index contributed by atoms with van der Waals surface area (Å²) in [5.74, 6) is 0.616. The van der Waals surface area contributed by atoms with Crippen LogP contribution in [-0.4, -0.2) is 15.7 Å². The maximum atomic E-state index is 8.09. The molecule has 1 N–H and O–H groups in total. The van der Waals surface area contributed by atoms with E-state index in [4.69, 9.17) is 5.41 Å². The summed E-state index contributed by atoms with van der Waals surface area (Å²) in [5, 5.41) is 11.1. The second-order valence-electron chi connectivity index (χ2n) is 3.79. The van der Waals surface area contributed by atoms with Crippen LogP contribution in [0, 0.1) is 5.41 Å². The number of fused-ring (bicyclic) bond motifs is 1. The fraction of sp³-hybridized carbons (Fsp3) is 0.167. The van der Waals surface area contributed by atoms with Crippen molar-refractivity contribution in [3.05, 3.63) is 52.0 Å². The highest BCUT2D eigenvalue weighted by atomic mass is 32.1. The third-order valence-electron chi connectivity index (χ3n) is 2.76. The second kappa shape index (κ2) is 3.72. The number of rotatable bonds is 2. The predicted octanol–water partition coefficient (Wildman–Crippen LogP) is 2.48. The molecule has 0 unspecified atom stereocenters. The molecule has 0 saturated heterocycles. The van der Waals surface area contributed by atoms with Gasteiger partial charge in [-0.3, -0.25) is 5.41 Å². The maximum Gasteiger partial charge on any atom is 0.129 e. The fourth-order valence-corrected chi connectivity index (χ4v) is 2.60. The highest BCUT2D eigenvalue weighted by Crippen LogP contribution is 2.24. The van der Waals surface area contributed by atoms with E-state index in [2.05, 4.69) is 16.0 Å². The highest BCUT2D eigenvalue weighted by Gasteiger charge is 2.23. The molecule has 0 saturated carbocycles. The fourth-order valence-electron chi connectivity index (χ4n) is 1.97. The molecule has 1 aliphatic rings. The Kier molecular flexibility index (Phi) is 2.22. The monoisotopic (exact) mass is 229 g/mol. The van der Waals surface area contributed by atoms with Gasteiger partial charge in [-0.1, -0.05) is 24.3 Å². The standard InChI is InChI=1S/C12H11N3S/c13-12-10-4-2-1-3-9(10)7-15(12)8-11-14-5-6-16-11/h1-6,13H,7-8H2. The zero-order chi connectivity index (χ0) is 11.0. The molecule has 3 nitrogen and oxygen atoms in total. The summed E-state index contributed by atoms with van der Waals surface area (Å²) in [6.45, 7) is 1.57. The molecule has 4 heteroatoms. The Balaban J connectivity index is 1.85. The minimum Gasteiger partial charge on any atom is -0.345 e. The summed E-state index contributed by atoms with van der Waals surface area (Å²) in [6, 6.07) is 8.12. The van der Waals surface area contributed by atoms with Gasteiger partial charge in [0.15, 0.2) is 0 Å². The number of aromatic nitrogens is 1. The lowest BCUT2D eigenvalue weighted by atomic mass is 10.1. The number of amidine groups is 1. The van der Waals surface area contributed by atoms with Crippen molar-refractivity contribution >= 4 is 17.2 Å². The van der Waals surface area contributed by atoms with Crippen LogP contribution in [0.3, 0.4) is 0 Å². The van der Waals surface area contributed by atoms with Crippen molar-refractivity contribution in [1.82, 2.24) is 9.88 Å². The molecule has 3 rings (SSSR count). The lowest BCUT2D eigenvalue weighted by Crippen LogP contribution is -2.23. The van der Waals surface area contributed by atoms with Gasteiger partial charge in [0.2, 0.25) is 0 Å². The van der Waals surface area contributed by atoms with Crippen LogP contribution in [0.5, 0.6) is 0 Å². The van der Waals surface area contributed by atoms with Crippen LogP contribution in [0.15, 0.2) is 35.8 Å². The molecule has 1 aromatic heterocycles. The molecule has 1 aliphatic heterocycles. The zero-order valence-corrected chi connectivity index (χ0v) is 9.50. The first-order chi connectivity index (χ1) is 7.84. The average Bonchev–Trinajstić information content (AvgIpc) is 2.90. The van der Waals surface area contributed by atoms with Crippen LogP contribution in [0.25, 0.3) is 0 Å². The summed E-state index contributed by atoms with van der Waals surface area (Å²) in [5.41, 5.74) is 2.29. The van der Waals surface area contributed by atoms with Crippen molar-refractivity contribution in [2.45, 2.75) is 13.1 Å². The molecular formula is C12H11N3S. The van der Waals surface area contributed by atoms with Gasteiger partial charge in [-0.05, 0) is 5.56 Å². The first kappa shape index (κ1) is 9.54. The lowest BCUT2D eigenvalue weighted by Gasteiger charge is -2.15. The number of hydrogen-bond donors (Lipinski definition) is 1. The van der Waals surface area contributed by atoms with E-state index >= 15 is 0 Å². The second-order valence-corrected chi connectivity index (χ2v) is 4.77. The smallest absolute Gasteiger partial charge is 0.129 e. The molecular weight excluding hydrogens is 218 g/mol. The highest BCUT2D eigenvalue weighted by molar-refractivity contribution is 7.09. The van der Waals surface area contributed by atoms with E-state index in [1.165, 1.54) is 5.56 Å². The van der Waals surface area contributed by atoms with E-state index in [1.54, 1.807) is 11.3 Å². The Morgan fingerprint density at radius 2 is 2.25 bits per heavy atom. The minimum absolute atomic E-state index is 0.616. The Labute approximate surface area is 97.9 Å². The third-order valence-corrected chi connectivity index (χ3v) is 3.52. The Bertz CT molecular complexity index is 517. The van der Waals surface area contributed by atoms with Crippen molar-refractivity contribution in [3.8, 4) is 0 Å². The minimum atomic E-state index is 0.616. The van der Waals surface area contributed by atoms with Crippen LogP contribution in [0.4, 0.5) is 0 Å². The molecule has 2 aromatic rings. The van der Waals surface area contributed by atoms with Gasteiger partial charge >= 0.3 is 0 Å². The van der Waals surface area contributed by atoms with E-state index in [1.807, 2.05) is 29.8 Å². The van der Waals surface area contributed by atoms with Gasteiger partial charge < -0.3 is 4.90 Å². The van der Waals surface area contributed by atoms with Crippen LogP contribution in [-0.2, 0) is 13.1 Å². The maximum absolute atomic E-state index is 8.09. The first-order valence-electron chi connectivity index (χ1n) is 5.15. The molecule has 0 radical (unpaired) electrons. The van der Waals surface area contributed by atoms with Crippen LogP contribution < -0.4 is 0 Å². The largest absolute Gasteiger partial charge is 0.345 e. The molecule has 16 heavy (non-hydrogen) atoms. The van der Waals surface area contributed by atoms with Gasteiger partial charge in [-0.15, -0.1) is 11.3 Å². The van der Waals surface area contributed by atoms with E-state index < -0.39 is 0 Å². The summed E-state index contributed by atoms with van der Waals surface area (Å²) in [7, 11) is 0. The van der Waals surface area contributed by atoms with Gasteiger partial charge in [-0.25, -0.2) is 4.98 Å². The van der Waals surface area contributed by atoms with Gasteiger partial charge in [0.05, 0.1) is 6.54 Å². The van der Waals surface area contributed by atoms with Gasteiger partial charge in [-0.2, -0.15) is 0 Å². The lowest BCUT2D eigenvalue weighted by molar-refractivity contribution is 0.421. The van der Waals surface area contributed by atoms with Gasteiger partial charge in [0.25, 0.3) is 0 Å². The van der Waals surface area contributed by atoms with Crippen LogP contribution >= 0.6 is 11.3 Å². The van der Waals surface area contributed by atoms with E-state index in [9.17, 15) is 0 Å². The van der Waals surface area contributed by atoms with Crippen molar-refractivity contribution in [2.24, 2.45) is 0 Å². The summed E-state index contributed by atoms with van der Waals surface area (Å²) in [4.78, 5) is 6.32. The van der Waals surface area contributed by atoms with E-state index in [0.29, 0.717) is 5.84 Å². The SMILES string of the molecule is N=C1c2ccccc2CN1Cc1nccs1. The van der Waals surface area contributed by atoms with Crippen molar-refractivity contribution < 1.29 is 0 Å². The Hall–Kier alpha value is -1.68. The first-order valence-corrected chi connectivity index (χ1v) is 6.03. The predicted molar refractivity (Wildman–Crippen MR) is 64.6 cm³/mol. The summed E-state index contributed by atoms with van der Waals surface area (Å²) < 4.78 is 0. The van der Waals surface area contributed by atoms with Gasteiger partial charge in [0, 0.05) is 23.7 Å². The molecule has 0 aliphatic carbocycles. The molecule has 0 spiro atoms. The quantitative estimate of drug-likeness (QED) is 0.859. The molecule has 0 amide bonds. The summed E-state index contributed by atoms with van der Waals surface area (Å²) in [6.07, 6.45) is 1.81. The normalized spacial score (nSPS) is 14.2. The van der Waals surface area contributed by atoms with Crippen LogP contribution in [0.2, 0.25) is 0 Å². The topological polar surface area (TPSA) is 40.0 Å². The van der Waals surface area contributed by atoms with Crippen LogP contribution in [0.1, 0.15) is 16.1 Å². The number of hydrogen-bond acceptors (Lipinski definition) is 3.